The SMILES string of the molecule is Cc1ccc(S(=O)(=O)N[C@@]2(C)CC[C@@H](C(C)C)C[C@@H]2N)cc1. The standard InChI is InChI=1S/C17H28N2O2S/c1-12(2)14-9-10-17(4,16(18)11-14)19-22(20,21)15-7-5-13(3)6-8-15/h5-8,12,14,16,19H,9-11,18H2,1-4H3/t14-,16+,17+/m1/s1. The fourth-order valence-corrected chi connectivity index (χ4v) is 4.67. The monoisotopic (exact) mass is 324 g/mol. The molecule has 4 nitrogen and oxygen atoms in total. The van der Waals surface area contributed by atoms with Gasteiger partial charge in [0.1, 0.15) is 0 Å². The van der Waals surface area contributed by atoms with E-state index < -0.39 is 15.6 Å². The summed E-state index contributed by atoms with van der Waals surface area (Å²) in [6, 6.07) is 6.76. The maximum absolute atomic E-state index is 12.6. The Balaban J connectivity index is 2.16. The van der Waals surface area contributed by atoms with Crippen LogP contribution in [0.25, 0.3) is 0 Å². The van der Waals surface area contributed by atoms with E-state index in [0.29, 0.717) is 16.7 Å². The molecular weight excluding hydrogens is 296 g/mol. The Kier molecular flexibility index (Phi) is 5.00. The molecule has 3 atom stereocenters. The summed E-state index contributed by atoms with van der Waals surface area (Å²) >= 11 is 0. The van der Waals surface area contributed by atoms with E-state index in [4.69, 9.17) is 5.73 Å². The number of aryl methyl sites for hydroxylation is 1. The van der Waals surface area contributed by atoms with Crippen molar-refractivity contribution in [3.05, 3.63) is 29.8 Å². The third-order valence-electron chi connectivity index (χ3n) is 5.05. The van der Waals surface area contributed by atoms with Crippen LogP contribution in [-0.4, -0.2) is 20.0 Å². The molecule has 1 aromatic carbocycles. The predicted molar refractivity (Wildman–Crippen MR) is 90.1 cm³/mol. The molecule has 3 N–H and O–H groups in total. The highest BCUT2D eigenvalue weighted by Crippen LogP contribution is 2.35. The second-order valence-corrected chi connectivity index (χ2v) is 8.90. The van der Waals surface area contributed by atoms with Crippen LogP contribution in [0.15, 0.2) is 29.2 Å². The van der Waals surface area contributed by atoms with Crippen molar-refractivity contribution >= 4 is 10.0 Å². The Morgan fingerprint density at radius 3 is 2.36 bits per heavy atom. The van der Waals surface area contributed by atoms with Gasteiger partial charge in [-0.15, -0.1) is 0 Å². The van der Waals surface area contributed by atoms with E-state index in [1.165, 1.54) is 0 Å². The summed E-state index contributed by atoms with van der Waals surface area (Å²) in [5.74, 6) is 1.16. The summed E-state index contributed by atoms with van der Waals surface area (Å²) in [7, 11) is -3.54. The molecule has 1 aliphatic rings. The van der Waals surface area contributed by atoms with Crippen LogP contribution in [0.4, 0.5) is 0 Å². The van der Waals surface area contributed by atoms with Crippen molar-refractivity contribution in [1.29, 1.82) is 0 Å². The van der Waals surface area contributed by atoms with E-state index in [-0.39, 0.29) is 6.04 Å². The summed E-state index contributed by atoms with van der Waals surface area (Å²) in [5.41, 5.74) is 6.79. The molecular formula is C17H28N2O2S. The zero-order chi connectivity index (χ0) is 16.5. The van der Waals surface area contributed by atoms with Crippen LogP contribution in [0, 0.1) is 18.8 Å². The van der Waals surface area contributed by atoms with Crippen LogP contribution in [0.2, 0.25) is 0 Å². The maximum atomic E-state index is 12.6. The van der Waals surface area contributed by atoms with Gasteiger partial charge in [-0.25, -0.2) is 13.1 Å². The Hall–Kier alpha value is -0.910. The topological polar surface area (TPSA) is 72.2 Å². The molecule has 0 unspecified atom stereocenters. The van der Waals surface area contributed by atoms with E-state index in [1.54, 1.807) is 12.1 Å². The molecule has 0 aliphatic heterocycles. The number of benzene rings is 1. The van der Waals surface area contributed by atoms with Crippen LogP contribution >= 0.6 is 0 Å². The maximum Gasteiger partial charge on any atom is 0.241 e. The lowest BCUT2D eigenvalue weighted by atomic mass is 9.71. The van der Waals surface area contributed by atoms with Crippen molar-refractivity contribution in [2.45, 2.75) is 63.4 Å². The molecule has 124 valence electrons. The number of nitrogens with one attached hydrogen (secondary N) is 1. The number of nitrogens with two attached hydrogens (primary N) is 1. The lowest BCUT2D eigenvalue weighted by molar-refractivity contribution is 0.166. The molecule has 1 saturated carbocycles. The van der Waals surface area contributed by atoms with Crippen LogP contribution in [-0.2, 0) is 10.0 Å². The Morgan fingerprint density at radius 1 is 1.27 bits per heavy atom. The molecule has 1 aliphatic carbocycles. The molecule has 0 saturated heterocycles. The van der Waals surface area contributed by atoms with Gasteiger partial charge in [0.15, 0.2) is 0 Å². The molecule has 0 bridgehead atoms. The van der Waals surface area contributed by atoms with E-state index in [2.05, 4.69) is 18.6 Å². The minimum absolute atomic E-state index is 0.158. The largest absolute Gasteiger partial charge is 0.326 e. The summed E-state index contributed by atoms with van der Waals surface area (Å²) in [4.78, 5) is 0.303. The summed E-state index contributed by atoms with van der Waals surface area (Å²) in [5, 5.41) is 0. The lowest BCUT2D eigenvalue weighted by Gasteiger charge is -2.44. The van der Waals surface area contributed by atoms with Crippen LogP contribution in [0.1, 0.15) is 45.6 Å². The smallest absolute Gasteiger partial charge is 0.241 e. The van der Waals surface area contributed by atoms with Gasteiger partial charge in [0, 0.05) is 11.6 Å². The van der Waals surface area contributed by atoms with E-state index in [0.717, 1.165) is 24.8 Å². The van der Waals surface area contributed by atoms with Gasteiger partial charge >= 0.3 is 0 Å². The average Bonchev–Trinajstić information content (AvgIpc) is 2.41. The highest BCUT2D eigenvalue weighted by atomic mass is 32.2. The molecule has 2 rings (SSSR count). The first-order valence-corrected chi connectivity index (χ1v) is 9.48. The first kappa shape index (κ1) is 17.4. The van der Waals surface area contributed by atoms with Gasteiger partial charge < -0.3 is 5.73 Å². The van der Waals surface area contributed by atoms with Gasteiger partial charge in [-0.2, -0.15) is 0 Å². The number of hydrogen-bond donors (Lipinski definition) is 2. The van der Waals surface area contributed by atoms with Gasteiger partial charge in [0.25, 0.3) is 0 Å². The molecule has 0 spiro atoms. The quantitative estimate of drug-likeness (QED) is 0.894. The third kappa shape index (κ3) is 3.70. The normalized spacial score (nSPS) is 29.7. The van der Waals surface area contributed by atoms with Crippen molar-refractivity contribution in [2.75, 3.05) is 0 Å². The molecule has 0 amide bonds. The zero-order valence-corrected chi connectivity index (χ0v) is 14.8. The summed E-state index contributed by atoms with van der Waals surface area (Å²) < 4.78 is 28.1. The molecule has 0 aromatic heterocycles. The average molecular weight is 324 g/mol. The fourth-order valence-electron chi connectivity index (χ4n) is 3.19. The van der Waals surface area contributed by atoms with Crippen LogP contribution in [0.5, 0.6) is 0 Å². The van der Waals surface area contributed by atoms with E-state index in [1.807, 2.05) is 26.0 Å². The van der Waals surface area contributed by atoms with Crippen LogP contribution in [0.3, 0.4) is 0 Å². The molecule has 0 radical (unpaired) electrons. The fraction of sp³-hybridized carbons (Fsp3) is 0.647. The van der Waals surface area contributed by atoms with E-state index >= 15 is 0 Å². The second kappa shape index (κ2) is 6.30. The number of sulfonamides is 1. The minimum Gasteiger partial charge on any atom is -0.326 e. The van der Waals surface area contributed by atoms with Crippen molar-refractivity contribution in [3.8, 4) is 0 Å². The van der Waals surface area contributed by atoms with Crippen molar-refractivity contribution in [1.82, 2.24) is 4.72 Å². The predicted octanol–water partition coefficient (Wildman–Crippen LogP) is 2.82. The number of hydrogen-bond acceptors (Lipinski definition) is 3. The Bertz CT molecular complexity index is 610. The molecule has 5 heteroatoms. The first-order valence-electron chi connectivity index (χ1n) is 8.00. The molecule has 1 fully saturated rings. The van der Waals surface area contributed by atoms with Crippen molar-refractivity contribution in [2.24, 2.45) is 17.6 Å². The highest BCUT2D eigenvalue weighted by molar-refractivity contribution is 7.89. The second-order valence-electron chi connectivity index (χ2n) is 7.22. The Morgan fingerprint density at radius 2 is 1.86 bits per heavy atom. The van der Waals surface area contributed by atoms with Gasteiger partial charge in [0.05, 0.1) is 4.90 Å². The summed E-state index contributed by atoms with van der Waals surface area (Å²) in [6.07, 6.45) is 2.66. The van der Waals surface area contributed by atoms with Crippen molar-refractivity contribution in [3.63, 3.8) is 0 Å². The van der Waals surface area contributed by atoms with Crippen molar-refractivity contribution < 1.29 is 8.42 Å². The lowest BCUT2D eigenvalue weighted by Crippen LogP contribution is -2.60. The first-order chi connectivity index (χ1) is 10.1. The minimum atomic E-state index is -3.54. The highest BCUT2D eigenvalue weighted by Gasteiger charge is 2.41. The van der Waals surface area contributed by atoms with Gasteiger partial charge in [-0.3, -0.25) is 0 Å². The molecule has 1 aromatic rings. The number of rotatable bonds is 4. The summed E-state index contributed by atoms with van der Waals surface area (Å²) in [6.45, 7) is 8.28. The van der Waals surface area contributed by atoms with Gasteiger partial charge in [-0.1, -0.05) is 31.5 Å². The van der Waals surface area contributed by atoms with Crippen LogP contribution < -0.4 is 10.5 Å². The van der Waals surface area contributed by atoms with Gasteiger partial charge in [0.2, 0.25) is 10.0 Å². The molecule has 0 heterocycles. The Labute approximate surface area is 134 Å². The molecule has 22 heavy (non-hydrogen) atoms. The van der Waals surface area contributed by atoms with Gasteiger partial charge in [-0.05, 0) is 57.1 Å². The third-order valence-corrected chi connectivity index (χ3v) is 6.68. The zero-order valence-electron chi connectivity index (χ0n) is 14.0. The van der Waals surface area contributed by atoms with E-state index in [9.17, 15) is 8.42 Å².